The van der Waals surface area contributed by atoms with Crippen LogP contribution in [0.2, 0.25) is 0 Å². The number of halogens is 1. The second kappa shape index (κ2) is 18.5. The van der Waals surface area contributed by atoms with Crippen molar-refractivity contribution in [1.29, 1.82) is 5.41 Å². The minimum absolute atomic E-state index is 0.0239. The Morgan fingerprint density at radius 2 is 1.83 bits per heavy atom. The molecule has 0 bridgehead atoms. The van der Waals surface area contributed by atoms with E-state index < -0.39 is 5.60 Å². The lowest BCUT2D eigenvalue weighted by molar-refractivity contribution is -0.154. The molecule has 0 aromatic heterocycles. The molecule has 1 heterocycles. The van der Waals surface area contributed by atoms with E-state index in [0.717, 1.165) is 24.4 Å². The second-order valence-electron chi connectivity index (χ2n) is 8.81. The summed E-state index contributed by atoms with van der Waals surface area (Å²) in [7, 11) is 3.75. The van der Waals surface area contributed by atoms with Crippen molar-refractivity contribution in [1.82, 2.24) is 5.32 Å². The van der Waals surface area contributed by atoms with Crippen LogP contribution in [0.4, 0.5) is 10.1 Å². The fraction of sp³-hybridized carbons (Fsp3) is 0.536. The minimum atomic E-state index is -0.473. The third kappa shape index (κ3) is 14.9. The smallest absolute Gasteiger partial charge is 0.306 e. The topological polar surface area (TPSA) is 77.8 Å². The number of aliphatic imine (C=N–C) groups is 1. The number of esters is 1. The first-order valence-corrected chi connectivity index (χ1v) is 12.4. The maximum atomic E-state index is 13.4. The molecule has 2 N–H and O–H groups in total. The van der Waals surface area contributed by atoms with E-state index in [1.165, 1.54) is 18.3 Å². The molecule has 1 aliphatic rings. The summed E-state index contributed by atoms with van der Waals surface area (Å²) in [5, 5.41) is 10.3. The van der Waals surface area contributed by atoms with Gasteiger partial charge >= 0.3 is 5.97 Å². The summed E-state index contributed by atoms with van der Waals surface area (Å²) in [5.41, 5.74) is 0.392. The summed E-state index contributed by atoms with van der Waals surface area (Å²) in [5.74, 6) is 0.399. The quantitative estimate of drug-likeness (QED) is 0.198. The minimum Gasteiger partial charge on any atom is -0.460 e. The zero-order valence-electron chi connectivity index (χ0n) is 22.6. The highest BCUT2D eigenvalue weighted by molar-refractivity contribution is 5.98. The lowest BCUT2D eigenvalue weighted by atomic mass is 10.1. The SMILES string of the molecule is CC.CC(C)(C)OC(=O)CCCCC1=N/C=C/C(C=N)C/C=C/CN1c1ccc(F)cc1.CNC. The van der Waals surface area contributed by atoms with Gasteiger partial charge in [0, 0.05) is 43.4 Å². The highest BCUT2D eigenvalue weighted by Crippen LogP contribution is 2.20. The van der Waals surface area contributed by atoms with Gasteiger partial charge in [0.1, 0.15) is 17.3 Å². The van der Waals surface area contributed by atoms with E-state index in [9.17, 15) is 9.18 Å². The number of hydrogen-bond acceptors (Lipinski definition) is 6. The van der Waals surface area contributed by atoms with Crippen molar-refractivity contribution in [2.45, 2.75) is 72.3 Å². The molecule has 1 unspecified atom stereocenters. The zero-order chi connectivity index (χ0) is 26.7. The van der Waals surface area contributed by atoms with Crippen LogP contribution in [-0.2, 0) is 9.53 Å². The van der Waals surface area contributed by atoms with Crippen LogP contribution in [0.5, 0.6) is 0 Å². The van der Waals surface area contributed by atoms with E-state index in [2.05, 4.69) is 27.4 Å². The number of anilines is 1. The molecule has 0 amide bonds. The fourth-order valence-electron chi connectivity index (χ4n) is 3.07. The summed E-state index contributed by atoms with van der Waals surface area (Å²) < 4.78 is 18.8. The molecule has 2 rings (SSSR count). The standard InChI is InChI=1S/C24H32FN3O2.C2H7N.C2H6/c1-24(2,3)30-23(29)10-5-4-9-22-27-16-15-19(18-26)8-6-7-17-28(22)21-13-11-20(25)12-14-21;1-3-2;1-2/h6-7,11-16,18-19,26H,4-5,8-10,17H2,1-3H3;3H,1-2H3;1-2H3/b7-6+,16-15+,26-18?,27-22?;;. The largest absolute Gasteiger partial charge is 0.460 e. The van der Waals surface area contributed by atoms with Gasteiger partial charge in [-0.2, -0.15) is 0 Å². The number of nitrogens with one attached hydrogen (secondary N) is 2. The van der Waals surface area contributed by atoms with E-state index in [1.807, 2.05) is 54.8 Å². The Bertz CT molecular complexity index is 811. The summed E-state index contributed by atoms with van der Waals surface area (Å²) in [4.78, 5) is 18.6. The number of hydrogen-bond donors (Lipinski definition) is 2. The molecular formula is C28H45FN4O2. The van der Waals surface area contributed by atoms with Crippen molar-refractivity contribution in [2.24, 2.45) is 10.9 Å². The van der Waals surface area contributed by atoms with Gasteiger partial charge in [-0.15, -0.1) is 0 Å². The molecule has 1 aromatic carbocycles. The number of carbonyl (C=O) groups excluding carboxylic acids is 1. The molecule has 196 valence electrons. The van der Waals surface area contributed by atoms with Crippen LogP contribution in [0.3, 0.4) is 0 Å². The summed E-state index contributed by atoms with van der Waals surface area (Å²) in [6.45, 7) is 10.2. The van der Waals surface area contributed by atoms with Gasteiger partial charge in [-0.1, -0.05) is 32.1 Å². The fourth-order valence-corrected chi connectivity index (χ4v) is 3.07. The van der Waals surface area contributed by atoms with Gasteiger partial charge in [0.15, 0.2) is 0 Å². The van der Waals surface area contributed by atoms with Crippen molar-refractivity contribution in [3.63, 3.8) is 0 Å². The summed E-state index contributed by atoms with van der Waals surface area (Å²) >= 11 is 0. The Hall–Kier alpha value is -2.80. The molecule has 0 saturated carbocycles. The molecule has 7 heteroatoms. The third-order valence-electron chi connectivity index (χ3n) is 4.53. The van der Waals surface area contributed by atoms with Gasteiger partial charge < -0.3 is 20.4 Å². The number of benzene rings is 1. The average Bonchev–Trinajstić information content (AvgIpc) is 2.81. The van der Waals surface area contributed by atoms with Gasteiger partial charge in [0.25, 0.3) is 0 Å². The predicted octanol–water partition coefficient (Wildman–Crippen LogP) is 6.53. The number of amidine groups is 1. The Morgan fingerprint density at radius 1 is 1.20 bits per heavy atom. The first-order chi connectivity index (χ1) is 16.7. The van der Waals surface area contributed by atoms with E-state index in [-0.39, 0.29) is 17.7 Å². The Morgan fingerprint density at radius 3 is 2.40 bits per heavy atom. The number of unbranched alkanes of at least 4 members (excludes halogenated alkanes) is 1. The summed E-state index contributed by atoms with van der Waals surface area (Å²) in [6.07, 6.45) is 12.4. The second-order valence-corrected chi connectivity index (χ2v) is 8.81. The predicted molar refractivity (Wildman–Crippen MR) is 147 cm³/mol. The average molecular weight is 489 g/mol. The maximum absolute atomic E-state index is 13.4. The van der Waals surface area contributed by atoms with Gasteiger partial charge in [-0.05, 0) is 78.4 Å². The Balaban J connectivity index is 0.00000214. The molecule has 0 radical (unpaired) electrons. The van der Waals surface area contributed by atoms with E-state index >= 15 is 0 Å². The van der Waals surface area contributed by atoms with E-state index in [0.29, 0.717) is 25.8 Å². The highest BCUT2D eigenvalue weighted by Gasteiger charge is 2.17. The number of nitrogens with zero attached hydrogens (tertiary/aromatic N) is 2. The number of rotatable bonds is 7. The summed E-state index contributed by atoms with van der Waals surface area (Å²) in [6, 6.07) is 6.38. The zero-order valence-corrected chi connectivity index (χ0v) is 22.6. The molecule has 0 saturated heterocycles. The maximum Gasteiger partial charge on any atom is 0.306 e. The van der Waals surface area contributed by atoms with E-state index in [1.54, 1.807) is 18.3 Å². The van der Waals surface area contributed by atoms with Crippen molar-refractivity contribution < 1.29 is 13.9 Å². The third-order valence-corrected chi connectivity index (χ3v) is 4.53. The van der Waals surface area contributed by atoms with Gasteiger partial charge in [0.2, 0.25) is 0 Å². The number of ether oxygens (including phenoxy) is 1. The van der Waals surface area contributed by atoms with Crippen LogP contribution in [0.15, 0.2) is 53.7 Å². The normalized spacial score (nSPS) is 17.4. The van der Waals surface area contributed by atoms with Crippen LogP contribution in [0.1, 0.15) is 66.7 Å². The molecule has 1 aromatic rings. The molecular weight excluding hydrogens is 443 g/mol. The Labute approximate surface area is 211 Å². The highest BCUT2D eigenvalue weighted by atomic mass is 19.1. The van der Waals surface area contributed by atoms with Crippen LogP contribution in [0.25, 0.3) is 0 Å². The molecule has 1 aliphatic heterocycles. The first kappa shape index (κ1) is 32.2. The van der Waals surface area contributed by atoms with Gasteiger partial charge in [-0.25, -0.2) is 9.38 Å². The molecule has 0 aliphatic carbocycles. The van der Waals surface area contributed by atoms with Crippen molar-refractivity contribution in [3.05, 3.63) is 54.5 Å². The monoisotopic (exact) mass is 488 g/mol. The molecule has 6 nitrogen and oxygen atoms in total. The van der Waals surface area contributed by atoms with Gasteiger partial charge in [-0.3, -0.25) is 4.79 Å². The number of carbonyl (C=O) groups is 1. The molecule has 1 atom stereocenters. The van der Waals surface area contributed by atoms with Crippen molar-refractivity contribution in [3.8, 4) is 0 Å². The van der Waals surface area contributed by atoms with Crippen LogP contribution in [0, 0.1) is 17.1 Å². The van der Waals surface area contributed by atoms with E-state index in [4.69, 9.17) is 10.1 Å². The lowest BCUT2D eigenvalue weighted by Gasteiger charge is -2.26. The number of allylic oxidation sites excluding steroid dienone is 2. The Kier molecular flexibility index (Phi) is 17.0. The molecule has 0 spiro atoms. The first-order valence-electron chi connectivity index (χ1n) is 12.4. The van der Waals surface area contributed by atoms with Gasteiger partial charge in [0.05, 0.1) is 0 Å². The van der Waals surface area contributed by atoms with Crippen LogP contribution >= 0.6 is 0 Å². The van der Waals surface area contributed by atoms with Crippen LogP contribution in [-0.4, -0.2) is 44.3 Å². The molecule has 35 heavy (non-hydrogen) atoms. The lowest BCUT2D eigenvalue weighted by Crippen LogP contribution is -2.31. The van der Waals surface area contributed by atoms with Crippen molar-refractivity contribution in [2.75, 3.05) is 25.5 Å². The van der Waals surface area contributed by atoms with Crippen LogP contribution < -0.4 is 10.2 Å². The molecule has 0 fully saturated rings. The van der Waals surface area contributed by atoms with Crippen molar-refractivity contribution >= 4 is 23.7 Å².